The van der Waals surface area contributed by atoms with Crippen LogP contribution < -0.4 is 0 Å². The van der Waals surface area contributed by atoms with Crippen LogP contribution in [0.2, 0.25) is 0 Å². The second-order valence-corrected chi connectivity index (χ2v) is 8.43. The average Bonchev–Trinajstić information content (AvgIpc) is 2.69. The van der Waals surface area contributed by atoms with Crippen molar-refractivity contribution in [2.24, 2.45) is 11.8 Å². The molecule has 1 aliphatic carbocycles. The number of hydrogen-bond acceptors (Lipinski definition) is 2. The van der Waals surface area contributed by atoms with Crippen molar-refractivity contribution < 1.29 is 22.8 Å². The zero-order chi connectivity index (χ0) is 21.0. The molecular weight excluding hydrogens is 381 g/mol. The van der Waals surface area contributed by atoms with E-state index in [2.05, 4.69) is 0 Å². The molecule has 0 spiro atoms. The van der Waals surface area contributed by atoms with Crippen molar-refractivity contribution >= 4 is 11.8 Å². The van der Waals surface area contributed by atoms with Gasteiger partial charge in [-0.15, -0.1) is 0 Å². The number of benzene rings is 1. The van der Waals surface area contributed by atoms with E-state index >= 15 is 0 Å². The second kappa shape index (κ2) is 9.18. The first kappa shape index (κ1) is 21.7. The van der Waals surface area contributed by atoms with Crippen LogP contribution >= 0.6 is 0 Å². The lowest BCUT2D eigenvalue weighted by Gasteiger charge is -2.36. The number of amides is 2. The number of rotatable bonds is 5. The maximum Gasteiger partial charge on any atom is 0.416 e. The minimum absolute atomic E-state index is 0.108. The van der Waals surface area contributed by atoms with Crippen molar-refractivity contribution in [2.45, 2.75) is 57.7 Å². The lowest BCUT2D eigenvalue weighted by atomic mass is 9.87. The number of carbonyl (C=O) groups is 2. The smallest absolute Gasteiger partial charge is 0.342 e. The maximum atomic E-state index is 12.9. The van der Waals surface area contributed by atoms with Crippen LogP contribution in [0.1, 0.15) is 56.1 Å². The van der Waals surface area contributed by atoms with Gasteiger partial charge in [0.2, 0.25) is 11.8 Å². The molecule has 1 atom stereocenters. The molecule has 0 aromatic heterocycles. The van der Waals surface area contributed by atoms with Gasteiger partial charge in [-0.3, -0.25) is 9.59 Å². The molecule has 0 unspecified atom stereocenters. The van der Waals surface area contributed by atoms with E-state index in [9.17, 15) is 22.8 Å². The molecule has 0 N–H and O–H groups in total. The van der Waals surface area contributed by atoms with E-state index in [0.29, 0.717) is 30.9 Å². The summed E-state index contributed by atoms with van der Waals surface area (Å²) in [5, 5.41) is 0. The van der Waals surface area contributed by atoms with Gasteiger partial charge in [0.25, 0.3) is 0 Å². The minimum Gasteiger partial charge on any atom is -0.342 e. The van der Waals surface area contributed by atoms with E-state index in [4.69, 9.17) is 0 Å². The van der Waals surface area contributed by atoms with E-state index < -0.39 is 11.7 Å². The predicted octanol–water partition coefficient (Wildman–Crippen LogP) is 4.48. The van der Waals surface area contributed by atoms with Gasteiger partial charge in [-0.05, 0) is 42.9 Å². The number of likely N-dealkylation sites (tertiary alicyclic amines) is 1. The predicted molar refractivity (Wildman–Crippen MR) is 104 cm³/mol. The van der Waals surface area contributed by atoms with Crippen molar-refractivity contribution in [1.29, 1.82) is 0 Å². The van der Waals surface area contributed by atoms with E-state index in [1.54, 1.807) is 13.1 Å². The van der Waals surface area contributed by atoms with Crippen LogP contribution in [0.25, 0.3) is 0 Å². The summed E-state index contributed by atoms with van der Waals surface area (Å²) in [5.41, 5.74) is -0.264. The van der Waals surface area contributed by atoms with Gasteiger partial charge in [0.15, 0.2) is 0 Å². The van der Waals surface area contributed by atoms with Gasteiger partial charge in [0.1, 0.15) is 0 Å². The summed E-state index contributed by atoms with van der Waals surface area (Å²) in [5.74, 6) is 0.236. The van der Waals surface area contributed by atoms with Crippen molar-refractivity contribution in [3.63, 3.8) is 0 Å². The normalized spacial score (nSPS) is 21.3. The first-order valence-corrected chi connectivity index (χ1v) is 10.4. The largest absolute Gasteiger partial charge is 0.416 e. The Balaban J connectivity index is 1.59. The third-order valence-corrected chi connectivity index (χ3v) is 6.10. The SMILES string of the molecule is CN(Cc1cccc(C(F)(F)F)c1)C(=O)[C@@H]1CCC(=O)N(CC2CCCCC2)C1. The highest BCUT2D eigenvalue weighted by Crippen LogP contribution is 2.30. The fourth-order valence-electron chi connectivity index (χ4n) is 4.48. The number of nitrogens with zero attached hydrogens (tertiary/aromatic N) is 2. The molecule has 2 amide bonds. The lowest BCUT2D eigenvalue weighted by molar-refractivity contribution is -0.143. The number of alkyl halides is 3. The second-order valence-electron chi connectivity index (χ2n) is 8.43. The fourth-order valence-corrected chi connectivity index (χ4v) is 4.48. The number of piperidine rings is 1. The summed E-state index contributed by atoms with van der Waals surface area (Å²) < 4.78 is 38.7. The zero-order valence-electron chi connectivity index (χ0n) is 16.9. The molecule has 29 heavy (non-hydrogen) atoms. The zero-order valence-corrected chi connectivity index (χ0v) is 16.9. The monoisotopic (exact) mass is 410 g/mol. The van der Waals surface area contributed by atoms with Crippen LogP contribution in [0.3, 0.4) is 0 Å². The maximum absolute atomic E-state index is 12.9. The third-order valence-electron chi connectivity index (χ3n) is 6.10. The molecule has 1 aromatic carbocycles. The van der Waals surface area contributed by atoms with Crippen LogP contribution in [0.15, 0.2) is 24.3 Å². The number of hydrogen-bond donors (Lipinski definition) is 0. The van der Waals surface area contributed by atoms with Gasteiger partial charge in [0.05, 0.1) is 11.5 Å². The van der Waals surface area contributed by atoms with Crippen molar-refractivity contribution in [1.82, 2.24) is 9.80 Å². The first-order valence-electron chi connectivity index (χ1n) is 10.4. The summed E-state index contributed by atoms with van der Waals surface area (Å²) in [6.45, 7) is 1.26. The molecule has 3 rings (SSSR count). The third kappa shape index (κ3) is 5.73. The van der Waals surface area contributed by atoms with Crippen molar-refractivity contribution in [2.75, 3.05) is 20.1 Å². The molecule has 0 bridgehead atoms. The Morgan fingerprint density at radius 2 is 1.90 bits per heavy atom. The Morgan fingerprint density at radius 1 is 1.17 bits per heavy atom. The topological polar surface area (TPSA) is 40.6 Å². The molecule has 1 heterocycles. The summed E-state index contributed by atoms with van der Waals surface area (Å²) in [6.07, 6.45) is 2.40. The Morgan fingerprint density at radius 3 is 2.59 bits per heavy atom. The first-order chi connectivity index (χ1) is 13.7. The molecule has 2 fully saturated rings. The Labute approximate surface area is 170 Å². The van der Waals surface area contributed by atoms with Crippen molar-refractivity contribution in [3.8, 4) is 0 Å². The molecule has 1 aliphatic heterocycles. The molecule has 1 saturated heterocycles. The molecular formula is C22H29F3N2O2. The highest BCUT2D eigenvalue weighted by Gasteiger charge is 2.34. The van der Waals surface area contributed by atoms with E-state index in [1.807, 2.05) is 4.90 Å². The number of halogens is 3. The van der Waals surface area contributed by atoms with E-state index in [0.717, 1.165) is 31.5 Å². The van der Waals surface area contributed by atoms with Crippen LogP contribution in [0.4, 0.5) is 13.2 Å². The fraction of sp³-hybridized carbons (Fsp3) is 0.636. The summed E-state index contributed by atoms with van der Waals surface area (Å²) in [6, 6.07) is 5.07. The molecule has 4 nitrogen and oxygen atoms in total. The quantitative estimate of drug-likeness (QED) is 0.718. The van der Waals surface area contributed by atoms with Gasteiger partial charge in [-0.25, -0.2) is 0 Å². The van der Waals surface area contributed by atoms with Crippen LogP contribution in [-0.2, 0) is 22.3 Å². The molecule has 0 radical (unpaired) electrons. The molecule has 160 valence electrons. The van der Waals surface area contributed by atoms with Gasteiger partial charge < -0.3 is 9.80 Å². The van der Waals surface area contributed by atoms with Crippen LogP contribution in [-0.4, -0.2) is 41.8 Å². The standard InChI is InChI=1S/C22H29F3N2O2/c1-26(13-17-8-5-9-19(12-17)22(23,24)25)21(29)18-10-11-20(28)27(15-18)14-16-6-3-2-4-7-16/h5,8-9,12,16,18H,2-4,6-7,10-11,13-15H2,1H3/t18-/m1/s1. The molecule has 2 aliphatic rings. The van der Waals surface area contributed by atoms with E-state index in [-0.39, 0.29) is 24.3 Å². The Hall–Kier alpha value is -2.05. The Kier molecular flexibility index (Phi) is 6.85. The van der Waals surface area contributed by atoms with Gasteiger partial charge >= 0.3 is 6.18 Å². The van der Waals surface area contributed by atoms with Gasteiger partial charge in [0, 0.05) is 33.1 Å². The van der Waals surface area contributed by atoms with Gasteiger partial charge in [-0.1, -0.05) is 31.4 Å². The summed E-state index contributed by atoms with van der Waals surface area (Å²) in [4.78, 5) is 28.5. The summed E-state index contributed by atoms with van der Waals surface area (Å²) >= 11 is 0. The number of carbonyl (C=O) groups excluding carboxylic acids is 2. The van der Waals surface area contributed by atoms with E-state index in [1.165, 1.54) is 30.2 Å². The van der Waals surface area contributed by atoms with Crippen molar-refractivity contribution in [3.05, 3.63) is 35.4 Å². The summed E-state index contributed by atoms with van der Waals surface area (Å²) in [7, 11) is 1.62. The molecule has 1 saturated carbocycles. The molecule has 7 heteroatoms. The minimum atomic E-state index is -4.40. The lowest BCUT2D eigenvalue weighted by Crippen LogP contribution is -2.47. The highest BCUT2D eigenvalue weighted by molar-refractivity contribution is 5.83. The van der Waals surface area contributed by atoms with Crippen LogP contribution in [0.5, 0.6) is 0 Å². The average molecular weight is 410 g/mol. The Bertz CT molecular complexity index is 729. The van der Waals surface area contributed by atoms with Crippen LogP contribution in [0, 0.1) is 11.8 Å². The van der Waals surface area contributed by atoms with Gasteiger partial charge in [-0.2, -0.15) is 13.2 Å². The molecule has 1 aromatic rings. The highest BCUT2D eigenvalue weighted by atomic mass is 19.4.